The molecule has 2 rings (SSSR count). The zero-order valence-corrected chi connectivity index (χ0v) is 10.6. The Kier molecular flexibility index (Phi) is 3.97. The summed E-state index contributed by atoms with van der Waals surface area (Å²) in [6.07, 6.45) is 0.973. The third-order valence-electron chi connectivity index (χ3n) is 2.37. The Balaban J connectivity index is 2.07. The van der Waals surface area contributed by atoms with Gasteiger partial charge in [0.2, 0.25) is 0 Å². The first-order valence-electron chi connectivity index (χ1n) is 5.94. The van der Waals surface area contributed by atoms with Crippen molar-refractivity contribution in [2.75, 3.05) is 18.1 Å². The third kappa shape index (κ3) is 3.21. The average molecular weight is 260 g/mol. The second-order valence-electron chi connectivity index (χ2n) is 3.91. The molecule has 0 fully saturated rings. The van der Waals surface area contributed by atoms with Crippen LogP contribution in [0.25, 0.3) is 0 Å². The van der Waals surface area contributed by atoms with E-state index in [-0.39, 0.29) is 5.82 Å². The van der Waals surface area contributed by atoms with Crippen LogP contribution < -0.4 is 16.2 Å². The van der Waals surface area contributed by atoms with Gasteiger partial charge in [0.05, 0.1) is 12.3 Å². The first kappa shape index (κ1) is 12.9. The van der Waals surface area contributed by atoms with Gasteiger partial charge in [0.15, 0.2) is 11.5 Å². The Bertz CT molecular complexity index is 541. The number of aromatic amines is 1. The number of nitrogen functional groups attached to an aromatic ring is 2. The largest absolute Gasteiger partial charge is 0.494 e. The maximum atomic E-state index is 5.61. The van der Waals surface area contributed by atoms with Crippen LogP contribution in [0.2, 0.25) is 0 Å². The Labute approximate surface area is 110 Å². The first-order chi connectivity index (χ1) is 9.20. The van der Waals surface area contributed by atoms with Crippen LogP contribution in [0.1, 0.15) is 13.3 Å². The highest BCUT2D eigenvalue weighted by Crippen LogP contribution is 2.28. The summed E-state index contributed by atoms with van der Waals surface area (Å²) in [7, 11) is 0. The predicted molar refractivity (Wildman–Crippen MR) is 73.8 cm³/mol. The summed E-state index contributed by atoms with van der Waals surface area (Å²) in [5, 5.41) is 14.3. The number of hydrogen-bond donors (Lipinski definition) is 3. The van der Waals surface area contributed by atoms with Gasteiger partial charge in [-0.3, -0.25) is 5.10 Å². The summed E-state index contributed by atoms with van der Waals surface area (Å²) < 4.78 is 5.47. The number of nitrogens with one attached hydrogen (secondary N) is 1. The molecular formula is C12H16N6O. The third-order valence-corrected chi connectivity index (χ3v) is 2.37. The normalized spacial score (nSPS) is 11.0. The van der Waals surface area contributed by atoms with E-state index in [1.54, 1.807) is 12.1 Å². The molecule has 1 heterocycles. The number of hydrogen-bond acceptors (Lipinski definition) is 6. The minimum Gasteiger partial charge on any atom is -0.494 e. The molecule has 0 atom stereocenters. The first-order valence-corrected chi connectivity index (χ1v) is 5.94. The van der Waals surface area contributed by atoms with E-state index in [1.807, 2.05) is 12.1 Å². The molecule has 2 aromatic rings. The standard InChI is InChI=1S/C12H16N6O/c1-2-7-19-9-5-3-8(4-6-9)15-16-10-11(13)17-18-12(10)14/h3-6H,2,7H2,1H3,(H5,13,14,17,18). The van der Waals surface area contributed by atoms with E-state index < -0.39 is 0 Å². The van der Waals surface area contributed by atoms with Crippen LogP contribution in [0.5, 0.6) is 5.75 Å². The van der Waals surface area contributed by atoms with Crippen molar-refractivity contribution in [2.24, 2.45) is 10.2 Å². The smallest absolute Gasteiger partial charge is 0.175 e. The molecule has 0 saturated heterocycles. The van der Waals surface area contributed by atoms with Gasteiger partial charge >= 0.3 is 0 Å². The number of H-pyrrole nitrogens is 1. The molecule has 1 aromatic carbocycles. The summed E-state index contributed by atoms with van der Waals surface area (Å²) in [6.45, 7) is 2.76. The molecule has 19 heavy (non-hydrogen) atoms. The number of benzene rings is 1. The van der Waals surface area contributed by atoms with Gasteiger partial charge in [-0.15, -0.1) is 5.11 Å². The van der Waals surface area contributed by atoms with Crippen molar-refractivity contribution in [1.82, 2.24) is 10.2 Å². The number of rotatable bonds is 5. The predicted octanol–water partition coefficient (Wildman–Crippen LogP) is 2.78. The molecular weight excluding hydrogens is 244 g/mol. The molecule has 0 radical (unpaired) electrons. The van der Waals surface area contributed by atoms with Crippen molar-refractivity contribution in [3.8, 4) is 5.75 Å². The van der Waals surface area contributed by atoms with Crippen LogP contribution in [-0.4, -0.2) is 16.8 Å². The monoisotopic (exact) mass is 260 g/mol. The van der Waals surface area contributed by atoms with Gasteiger partial charge in [0.1, 0.15) is 11.6 Å². The van der Waals surface area contributed by atoms with E-state index in [0.29, 0.717) is 23.8 Å². The fourth-order valence-corrected chi connectivity index (χ4v) is 1.41. The zero-order chi connectivity index (χ0) is 13.7. The van der Waals surface area contributed by atoms with Gasteiger partial charge in [-0.2, -0.15) is 10.2 Å². The van der Waals surface area contributed by atoms with Crippen LogP contribution in [0.3, 0.4) is 0 Å². The van der Waals surface area contributed by atoms with Crippen LogP contribution in [0, 0.1) is 0 Å². The van der Waals surface area contributed by atoms with Crippen molar-refractivity contribution in [3.63, 3.8) is 0 Å². The summed E-state index contributed by atoms with van der Waals surface area (Å²) >= 11 is 0. The van der Waals surface area contributed by atoms with E-state index in [4.69, 9.17) is 16.2 Å². The molecule has 100 valence electrons. The van der Waals surface area contributed by atoms with Crippen LogP contribution >= 0.6 is 0 Å². The molecule has 0 aliphatic heterocycles. The number of ether oxygens (including phenoxy) is 1. The summed E-state index contributed by atoms with van der Waals surface area (Å²) in [5.41, 5.74) is 12.2. The lowest BCUT2D eigenvalue weighted by atomic mass is 10.3. The van der Waals surface area contributed by atoms with E-state index in [1.165, 1.54) is 0 Å². The second kappa shape index (κ2) is 5.85. The lowest BCUT2D eigenvalue weighted by Gasteiger charge is -2.03. The fraction of sp³-hybridized carbons (Fsp3) is 0.250. The lowest BCUT2D eigenvalue weighted by molar-refractivity contribution is 0.317. The van der Waals surface area contributed by atoms with Crippen LogP contribution in [-0.2, 0) is 0 Å². The zero-order valence-electron chi connectivity index (χ0n) is 10.6. The molecule has 0 amide bonds. The van der Waals surface area contributed by atoms with Gasteiger partial charge in [0.25, 0.3) is 0 Å². The lowest BCUT2D eigenvalue weighted by Crippen LogP contribution is -1.93. The molecule has 7 heteroatoms. The minimum absolute atomic E-state index is 0.226. The molecule has 5 N–H and O–H groups in total. The van der Waals surface area contributed by atoms with E-state index >= 15 is 0 Å². The van der Waals surface area contributed by atoms with Gasteiger partial charge in [-0.1, -0.05) is 6.92 Å². The number of aromatic nitrogens is 2. The van der Waals surface area contributed by atoms with Gasteiger partial charge in [-0.05, 0) is 30.7 Å². The molecule has 0 aliphatic rings. The Morgan fingerprint density at radius 3 is 2.53 bits per heavy atom. The van der Waals surface area contributed by atoms with Crippen molar-refractivity contribution >= 4 is 23.0 Å². The Morgan fingerprint density at radius 2 is 1.95 bits per heavy atom. The van der Waals surface area contributed by atoms with Crippen molar-refractivity contribution in [1.29, 1.82) is 0 Å². The highest BCUT2D eigenvalue weighted by molar-refractivity contribution is 5.70. The molecule has 0 spiro atoms. The molecule has 0 aliphatic carbocycles. The van der Waals surface area contributed by atoms with Gasteiger partial charge in [-0.25, -0.2) is 0 Å². The highest BCUT2D eigenvalue weighted by Gasteiger charge is 2.06. The molecule has 0 bridgehead atoms. The maximum Gasteiger partial charge on any atom is 0.175 e. The number of nitrogens with zero attached hydrogens (tertiary/aromatic N) is 3. The van der Waals surface area contributed by atoms with Crippen molar-refractivity contribution < 1.29 is 4.74 Å². The summed E-state index contributed by atoms with van der Waals surface area (Å²) in [4.78, 5) is 0. The molecule has 0 unspecified atom stereocenters. The van der Waals surface area contributed by atoms with E-state index in [0.717, 1.165) is 12.2 Å². The SMILES string of the molecule is CCCOc1ccc(N=Nc2c(N)n[nH]c2N)cc1. The molecule has 0 saturated carbocycles. The highest BCUT2D eigenvalue weighted by atomic mass is 16.5. The van der Waals surface area contributed by atoms with Crippen LogP contribution in [0.15, 0.2) is 34.5 Å². The average Bonchev–Trinajstić information content (AvgIpc) is 2.75. The van der Waals surface area contributed by atoms with Crippen molar-refractivity contribution in [2.45, 2.75) is 13.3 Å². The number of nitrogens with two attached hydrogens (primary N) is 2. The van der Waals surface area contributed by atoms with E-state index in [2.05, 4.69) is 27.3 Å². The minimum atomic E-state index is 0.226. The topological polar surface area (TPSA) is 115 Å². The molecule has 1 aromatic heterocycles. The Hall–Kier alpha value is -2.57. The van der Waals surface area contributed by atoms with E-state index in [9.17, 15) is 0 Å². The fourth-order valence-electron chi connectivity index (χ4n) is 1.41. The summed E-state index contributed by atoms with van der Waals surface area (Å²) in [5.74, 6) is 1.33. The molecule has 7 nitrogen and oxygen atoms in total. The van der Waals surface area contributed by atoms with Crippen LogP contribution in [0.4, 0.5) is 23.0 Å². The quantitative estimate of drug-likeness (QED) is 0.717. The van der Waals surface area contributed by atoms with Gasteiger partial charge in [0, 0.05) is 0 Å². The maximum absolute atomic E-state index is 5.61. The Morgan fingerprint density at radius 1 is 1.21 bits per heavy atom. The second-order valence-corrected chi connectivity index (χ2v) is 3.91. The number of anilines is 2. The summed E-state index contributed by atoms with van der Waals surface area (Å²) in [6, 6.07) is 7.29. The van der Waals surface area contributed by atoms with Crippen molar-refractivity contribution in [3.05, 3.63) is 24.3 Å². The number of azo groups is 1. The van der Waals surface area contributed by atoms with Gasteiger partial charge < -0.3 is 16.2 Å².